The lowest BCUT2D eigenvalue weighted by atomic mass is 10.1. The molecule has 0 radical (unpaired) electrons. The minimum absolute atomic E-state index is 0.0870. The Labute approximate surface area is 116 Å². The quantitative estimate of drug-likeness (QED) is 0.794. The molecule has 5 heteroatoms. The first-order valence-electron chi connectivity index (χ1n) is 6.33. The van der Waals surface area contributed by atoms with Crippen LogP contribution < -0.4 is 5.32 Å². The van der Waals surface area contributed by atoms with E-state index in [1.54, 1.807) is 11.3 Å². The first-order chi connectivity index (χ1) is 9.29. The molecule has 3 aromatic rings. The highest BCUT2D eigenvalue weighted by molar-refractivity contribution is 7.17. The van der Waals surface area contributed by atoms with Gasteiger partial charge in [-0.05, 0) is 29.6 Å². The standard InChI is InChI=1S/C14H16N4S/c1-3-15-13(14-16-5-6-18(14)2)10-8-12-11(17-9-10)4-7-19-12/h4-9,13,15H,3H2,1-2H3. The molecule has 0 aliphatic heterocycles. The van der Waals surface area contributed by atoms with Crippen molar-refractivity contribution in [1.82, 2.24) is 19.9 Å². The van der Waals surface area contributed by atoms with Crippen LogP contribution in [0.1, 0.15) is 24.4 Å². The van der Waals surface area contributed by atoms with E-state index in [1.807, 2.05) is 36.3 Å². The van der Waals surface area contributed by atoms with Crippen molar-refractivity contribution in [3.63, 3.8) is 0 Å². The van der Waals surface area contributed by atoms with Crippen molar-refractivity contribution >= 4 is 21.6 Å². The minimum atomic E-state index is 0.0870. The highest BCUT2D eigenvalue weighted by Gasteiger charge is 2.18. The van der Waals surface area contributed by atoms with E-state index in [0.29, 0.717) is 0 Å². The maximum atomic E-state index is 4.52. The Hall–Kier alpha value is -1.72. The second-order valence-electron chi connectivity index (χ2n) is 4.46. The van der Waals surface area contributed by atoms with Gasteiger partial charge < -0.3 is 9.88 Å². The maximum Gasteiger partial charge on any atom is 0.130 e. The van der Waals surface area contributed by atoms with Crippen LogP contribution in [0.15, 0.2) is 36.1 Å². The maximum absolute atomic E-state index is 4.52. The Morgan fingerprint density at radius 3 is 3.05 bits per heavy atom. The average molecular weight is 272 g/mol. The summed E-state index contributed by atoms with van der Waals surface area (Å²) in [5.74, 6) is 1.01. The fraction of sp³-hybridized carbons (Fsp3) is 0.286. The van der Waals surface area contributed by atoms with Crippen molar-refractivity contribution in [2.45, 2.75) is 13.0 Å². The molecule has 19 heavy (non-hydrogen) atoms. The number of aryl methyl sites for hydroxylation is 1. The third-order valence-corrected chi connectivity index (χ3v) is 4.04. The zero-order valence-corrected chi connectivity index (χ0v) is 11.8. The topological polar surface area (TPSA) is 42.7 Å². The summed E-state index contributed by atoms with van der Waals surface area (Å²) in [7, 11) is 2.02. The molecule has 1 unspecified atom stereocenters. The van der Waals surface area contributed by atoms with Gasteiger partial charge in [0.15, 0.2) is 0 Å². The van der Waals surface area contributed by atoms with Crippen molar-refractivity contribution < 1.29 is 0 Å². The molecule has 1 N–H and O–H groups in total. The summed E-state index contributed by atoms with van der Waals surface area (Å²) >= 11 is 1.72. The van der Waals surface area contributed by atoms with E-state index in [0.717, 1.165) is 23.4 Å². The van der Waals surface area contributed by atoms with Crippen LogP contribution in [0.4, 0.5) is 0 Å². The summed E-state index contributed by atoms with van der Waals surface area (Å²) in [5, 5.41) is 5.55. The van der Waals surface area contributed by atoms with Gasteiger partial charge in [0.1, 0.15) is 5.82 Å². The molecule has 0 amide bonds. The number of pyridine rings is 1. The zero-order chi connectivity index (χ0) is 13.2. The van der Waals surface area contributed by atoms with E-state index >= 15 is 0 Å². The number of aromatic nitrogens is 3. The predicted molar refractivity (Wildman–Crippen MR) is 78.3 cm³/mol. The van der Waals surface area contributed by atoms with E-state index in [9.17, 15) is 0 Å². The van der Waals surface area contributed by atoms with E-state index in [-0.39, 0.29) is 6.04 Å². The van der Waals surface area contributed by atoms with Gasteiger partial charge in [0.25, 0.3) is 0 Å². The zero-order valence-electron chi connectivity index (χ0n) is 11.0. The Kier molecular flexibility index (Phi) is 3.31. The van der Waals surface area contributed by atoms with E-state index in [1.165, 1.54) is 4.70 Å². The predicted octanol–water partition coefficient (Wildman–Crippen LogP) is 2.73. The molecule has 98 valence electrons. The third-order valence-electron chi connectivity index (χ3n) is 3.18. The van der Waals surface area contributed by atoms with Gasteiger partial charge in [-0.1, -0.05) is 6.92 Å². The average Bonchev–Trinajstić information content (AvgIpc) is 3.03. The number of rotatable bonds is 4. The Morgan fingerprint density at radius 1 is 1.42 bits per heavy atom. The highest BCUT2D eigenvalue weighted by Crippen LogP contribution is 2.25. The Bertz CT molecular complexity index is 685. The fourth-order valence-corrected chi connectivity index (χ4v) is 3.03. The van der Waals surface area contributed by atoms with E-state index < -0.39 is 0 Å². The van der Waals surface area contributed by atoms with Crippen LogP contribution >= 0.6 is 11.3 Å². The number of hydrogen-bond acceptors (Lipinski definition) is 4. The lowest BCUT2D eigenvalue weighted by Crippen LogP contribution is -2.24. The van der Waals surface area contributed by atoms with Crippen molar-refractivity contribution in [3.05, 3.63) is 47.5 Å². The summed E-state index contributed by atoms with van der Waals surface area (Å²) in [6.45, 7) is 2.99. The van der Waals surface area contributed by atoms with Crippen LogP contribution in [0.25, 0.3) is 10.2 Å². The smallest absolute Gasteiger partial charge is 0.130 e. The SMILES string of the molecule is CCNC(c1cnc2ccsc2c1)c1nccn1C. The molecule has 0 aliphatic rings. The van der Waals surface area contributed by atoms with Gasteiger partial charge in [-0.25, -0.2) is 4.98 Å². The molecule has 3 rings (SSSR count). The molecular formula is C14H16N4S. The molecule has 0 aliphatic carbocycles. The first kappa shape index (κ1) is 12.3. The summed E-state index contributed by atoms with van der Waals surface area (Å²) in [6, 6.07) is 4.34. The number of nitrogens with one attached hydrogen (secondary N) is 1. The first-order valence-corrected chi connectivity index (χ1v) is 7.21. The van der Waals surface area contributed by atoms with Gasteiger partial charge in [0.2, 0.25) is 0 Å². The van der Waals surface area contributed by atoms with Crippen molar-refractivity contribution in [3.8, 4) is 0 Å². The second-order valence-corrected chi connectivity index (χ2v) is 5.41. The monoisotopic (exact) mass is 272 g/mol. The van der Waals surface area contributed by atoms with Gasteiger partial charge >= 0.3 is 0 Å². The fourth-order valence-electron chi connectivity index (χ4n) is 2.24. The molecular weight excluding hydrogens is 256 g/mol. The van der Waals surface area contributed by atoms with Crippen LogP contribution in [0, 0.1) is 0 Å². The summed E-state index contributed by atoms with van der Waals surface area (Å²) in [4.78, 5) is 8.97. The van der Waals surface area contributed by atoms with Gasteiger partial charge in [0, 0.05) is 25.6 Å². The molecule has 0 fully saturated rings. The van der Waals surface area contributed by atoms with E-state index in [2.05, 4.69) is 33.7 Å². The van der Waals surface area contributed by atoms with E-state index in [4.69, 9.17) is 0 Å². The van der Waals surface area contributed by atoms with Crippen molar-refractivity contribution in [2.75, 3.05) is 6.54 Å². The molecule has 0 bridgehead atoms. The van der Waals surface area contributed by atoms with Crippen LogP contribution in [0.5, 0.6) is 0 Å². The number of imidazole rings is 1. The summed E-state index contributed by atoms with van der Waals surface area (Å²) < 4.78 is 3.26. The third kappa shape index (κ3) is 2.27. The number of thiophene rings is 1. The van der Waals surface area contributed by atoms with Crippen molar-refractivity contribution in [1.29, 1.82) is 0 Å². The lowest BCUT2D eigenvalue weighted by molar-refractivity contribution is 0.576. The van der Waals surface area contributed by atoms with Gasteiger partial charge in [-0.3, -0.25) is 4.98 Å². The number of fused-ring (bicyclic) bond motifs is 1. The number of hydrogen-bond donors (Lipinski definition) is 1. The molecule has 0 saturated heterocycles. The summed E-state index contributed by atoms with van der Waals surface area (Å²) in [6.07, 6.45) is 5.74. The van der Waals surface area contributed by atoms with Gasteiger partial charge in [-0.2, -0.15) is 0 Å². The van der Waals surface area contributed by atoms with Gasteiger partial charge in [-0.15, -0.1) is 11.3 Å². The minimum Gasteiger partial charge on any atom is -0.336 e. The Morgan fingerprint density at radius 2 is 2.32 bits per heavy atom. The molecule has 3 aromatic heterocycles. The van der Waals surface area contributed by atoms with Crippen molar-refractivity contribution in [2.24, 2.45) is 7.05 Å². The van der Waals surface area contributed by atoms with Crippen LogP contribution in [0.2, 0.25) is 0 Å². The molecule has 0 aromatic carbocycles. The van der Waals surface area contributed by atoms with Crippen LogP contribution in [-0.4, -0.2) is 21.1 Å². The summed E-state index contributed by atoms with van der Waals surface area (Å²) in [5.41, 5.74) is 2.22. The second kappa shape index (κ2) is 5.11. The normalized spacial score (nSPS) is 12.9. The molecule has 3 heterocycles. The van der Waals surface area contributed by atoms with Crippen LogP contribution in [-0.2, 0) is 7.05 Å². The molecule has 0 spiro atoms. The van der Waals surface area contributed by atoms with Gasteiger partial charge in [0.05, 0.1) is 16.3 Å². The largest absolute Gasteiger partial charge is 0.336 e. The number of nitrogens with zero attached hydrogens (tertiary/aromatic N) is 3. The lowest BCUT2D eigenvalue weighted by Gasteiger charge is -2.17. The molecule has 1 atom stereocenters. The molecule has 0 saturated carbocycles. The highest BCUT2D eigenvalue weighted by atomic mass is 32.1. The molecule has 4 nitrogen and oxygen atoms in total. The Balaban J connectivity index is 2.06. The van der Waals surface area contributed by atoms with Crippen LogP contribution in [0.3, 0.4) is 0 Å².